The second kappa shape index (κ2) is 13.8. The van der Waals surface area contributed by atoms with Gasteiger partial charge in [0.2, 0.25) is 0 Å². The average molecular weight is 709 g/mol. The third-order valence-electron chi connectivity index (χ3n) is 8.27. The van der Waals surface area contributed by atoms with E-state index in [4.69, 9.17) is 26.9 Å². The number of nitrogens with zero attached hydrogens (tertiary/aromatic N) is 5. The van der Waals surface area contributed by atoms with E-state index < -0.39 is 0 Å². The fourth-order valence-electron chi connectivity index (χ4n) is 6.07. The Morgan fingerprint density at radius 1 is 0.612 bits per heavy atom. The minimum atomic E-state index is 0.514. The topological polar surface area (TPSA) is 70.6 Å². The molecule has 0 radical (unpaired) electrons. The molecule has 5 aromatic carbocycles. The molecular formula is C39H28N6S4. The molecule has 3 heterocycles. The normalized spacial score (nSPS) is 12.7. The van der Waals surface area contributed by atoms with Crippen LogP contribution < -0.4 is 15.5 Å². The van der Waals surface area contributed by atoms with Crippen LogP contribution in [-0.4, -0.2) is 14.5 Å². The maximum absolute atomic E-state index is 7.01. The number of para-hydroxylation sites is 4. The fourth-order valence-corrected chi connectivity index (χ4v) is 8.98. The summed E-state index contributed by atoms with van der Waals surface area (Å²) in [6.45, 7) is 0. The number of benzene rings is 5. The largest absolute Gasteiger partial charge is 0.396 e. The standard InChI is InChI=1S/C39H28N6S4/c40-36-35(31-22-24-33(48-31)45(29-17-9-3-10-18-29)30-19-11-4-12-20-30)39-38(42-49-43-39)34(37(36)41-46)26-21-23-32(47-25-26)44(27-13-5-1-6-14-27)28-15-7-2-8-16-28/h1-24H,25,40H2. The van der Waals surface area contributed by atoms with Crippen LogP contribution in [0.5, 0.6) is 0 Å². The van der Waals surface area contributed by atoms with Crippen molar-refractivity contribution in [3.8, 4) is 10.4 Å². The van der Waals surface area contributed by atoms with E-state index in [9.17, 15) is 0 Å². The fraction of sp³-hybridized carbons (Fsp3) is 0.0256. The predicted octanol–water partition coefficient (Wildman–Crippen LogP) is 11.6. The summed E-state index contributed by atoms with van der Waals surface area (Å²) in [7, 11) is 0. The van der Waals surface area contributed by atoms with Gasteiger partial charge >= 0.3 is 0 Å². The summed E-state index contributed by atoms with van der Waals surface area (Å²) in [4.78, 5) is 5.50. The van der Waals surface area contributed by atoms with Gasteiger partial charge in [-0.3, -0.25) is 0 Å². The molecule has 2 aromatic heterocycles. The van der Waals surface area contributed by atoms with Crippen LogP contribution in [0.2, 0.25) is 0 Å². The van der Waals surface area contributed by atoms with Gasteiger partial charge in [-0.15, -0.1) is 23.1 Å². The highest BCUT2D eigenvalue weighted by Crippen LogP contribution is 2.51. The molecule has 0 fully saturated rings. The van der Waals surface area contributed by atoms with Crippen molar-refractivity contribution in [3.05, 3.63) is 156 Å². The summed E-state index contributed by atoms with van der Waals surface area (Å²) in [5, 5.41) is 2.16. The number of hydrogen-bond donors (Lipinski definition) is 1. The molecule has 0 unspecified atom stereocenters. The Hall–Kier alpha value is -5.13. The average Bonchev–Trinajstić information content (AvgIpc) is 3.84. The highest BCUT2D eigenvalue weighted by molar-refractivity contribution is 8.03. The second-order valence-corrected chi connectivity index (χ2v) is 14.0. The molecule has 0 atom stereocenters. The molecule has 49 heavy (non-hydrogen) atoms. The summed E-state index contributed by atoms with van der Waals surface area (Å²) in [6.07, 6.45) is 4.29. The summed E-state index contributed by atoms with van der Waals surface area (Å²) in [5.41, 5.74) is 16.7. The molecule has 1 aliphatic rings. The molecule has 7 aromatic rings. The maximum Gasteiger partial charge on any atom is 0.116 e. The zero-order valence-electron chi connectivity index (χ0n) is 26.0. The van der Waals surface area contributed by atoms with Gasteiger partial charge in [-0.1, -0.05) is 78.9 Å². The van der Waals surface area contributed by atoms with Crippen molar-refractivity contribution in [3.63, 3.8) is 0 Å². The molecule has 2 N–H and O–H groups in total. The zero-order valence-corrected chi connectivity index (χ0v) is 29.3. The van der Waals surface area contributed by atoms with Crippen molar-refractivity contribution in [2.24, 2.45) is 4.36 Å². The third-order valence-corrected chi connectivity index (χ3v) is 11.1. The molecule has 0 amide bonds. The van der Waals surface area contributed by atoms with Crippen molar-refractivity contribution in [2.75, 3.05) is 21.3 Å². The first-order valence-electron chi connectivity index (χ1n) is 15.6. The highest BCUT2D eigenvalue weighted by atomic mass is 32.2. The van der Waals surface area contributed by atoms with Gasteiger partial charge in [0, 0.05) is 56.9 Å². The molecule has 0 saturated heterocycles. The van der Waals surface area contributed by atoms with Gasteiger partial charge in [0.25, 0.3) is 0 Å². The van der Waals surface area contributed by atoms with Crippen LogP contribution in [0, 0.1) is 0 Å². The molecule has 6 nitrogen and oxygen atoms in total. The predicted molar refractivity (Wildman–Crippen MR) is 213 cm³/mol. The van der Waals surface area contributed by atoms with Crippen molar-refractivity contribution < 1.29 is 0 Å². The number of allylic oxidation sites excluding steroid dienone is 2. The van der Waals surface area contributed by atoms with Crippen molar-refractivity contribution in [1.82, 2.24) is 8.75 Å². The lowest BCUT2D eigenvalue weighted by Gasteiger charge is -2.29. The lowest BCUT2D eigenvalue weighted by Crippen LogP contribution is -2.16. The third kappa shape index (κ3) is 5.93. The lowest BCUT2D eigenvalue weighted by molar-refractivity contribution is 1.25. The van der Waals surface area contributed by atoms with Gasteiger partial charge < -0.3 is 15.5 Å². The van der Waals surface area contributed by atoms with E-state index in [1.54, 1.807) is 23.1 Å². The quantitative estimate of drug-likeness (QED) is 0.150. The first kappa shape index (κ1) is 31.2. The van der Waals surface area contributed by atoms with Crippen LogP contribution in [-0.2, 0) is 12.4 Å². The Bertz CT molecular complexity index is 2240. The molecule has 0 spiro atoms. The van der Waals surface area contributed by atoms with E-state index in [2.05, 4.69) is 136 Å². The maximum atomic E-state index is 7.01. The molecule has 0 aliphatic carbocycles. The minimum absolute atomic E-state index is 0.514. The van der Waals surface area contributed by atoms with Gasteiger partial charge in [-0.25, -0.2) is 0 Å². The van der Waals surface area contributed by atoms with Crippen LogP contribution in [0.1, 0.15) is 5.56 Å². The van der Waals surface area contributed by atoms with E-state index in [0.29, 0.717) is 17.1 Å². The smallest absolute Gasteiger partial charge is 0.116 e. The summed E-state index contributed by atoms with van der Waals surface area (Å²) in [5.74, 6) is 0.692. The Kier molecular flexibility index (Phi) is 8.76. The van der Waals surface area contributed by atoms with Crippen molar-refractivity contribution in [2.45, 2.75) is 0 Å². The molecule has 0 saturated carbocycles. The molecule has 0 bridgehead atoms. The zero-order chi connectivity index (χ0) is 33.2. The number of hydrogen-bond acceptors (Lipinski definition) is 10. The van der Waals surface area contributed by atoms with Gasteiger partial charge in [0.05, 0.1) is 22.4 Å². The number of rotatable bonds is 9. The molecule has 238 valence electrons. The molecule has 1 aliphatic heterocycles. The number of nitrogens with two attached hydrogens (primary N) is 1. The Labute approximate surface area is 302 Å². The van der Waals surface area contributed by atoms with E-state index >= 15 is 0 Å². The Morgan fingerprint density at radius 2 is 1.12 bits per heavy atom. The lowest BCUT2D eigenvalue weighted by atomic mass is 9.97. The van der Waals surface area contributed by atoms with Crippen LogP contribution in [0.3, 0.4) is 0 Å². The van der Waals surface area contributed by atoms with Gasteiger partial charge in [-0.2, -0.15) is 13.1 Å². The van der Waals surface area contributed by atoms with Crippen LogP contribution in [0.25, 0.3) is 27.0 Å². The van der Waals surface area contributed by atoms with Crippen molar-refractivity contribution in [1.29, 1.82) is 0 Å². The van der Waals surface area contributed by atoms with Gasteiger partial charge in [-0.05, 0) is 72.3 Å². The SMILES string of the molecule is Nc1c(N=S)c(C2=CC=C(N(c3ccccc3)c3ccccc3)SC2)c2nsnc2c1-c1ccc(N(c2ccccc2)c2ccccc2)s1. The van der Waals surface area contributed by atoms with E-state index in [0.717, 1.165) is 65.4 Å². The monoisotopic (exact) mass is 708 g/mol. The molecule has 8 rings (SSSR count). The van der Waals surface area contributed by atoms with Crippen LogP contribution in [0.15, 0.2) is 155 Å². The van der Waals surface area contributed by atoms with Crippen molar-refractivity contribution >= 4 is 103 Å². The van der Waals surface area contributed by atoms with E-state index in [-0.39, 0.29) is 0 Å². The van der Waals surface area contributed by atoms with E-state index in [1.165, 1.54) is 11.7 Å². The summed E-state index contributed by atoms with van der Waals surface area (Å²) in [6, 6.07) is 45.8. The van der Waals surface area contributed by atoms with Crippen LogP contribution >= 0.6 is 34.8 Å². The summed E-state index contributed by atoms with van der Waals surface area (Å²) >= 11 is 10.0. The first-order chi connectivity index (χ1) is 24.2. The Balaban J connectivity index is 1.21. The number of aromatic nitrogens is 2. The highest BCUT2D eigenvalue weighted by Gasteiger charge is 2.27. The molecular weight excluding hydrogens is 681 g/mol. The van der Waals surface area contributed by atoms with Gasteiger partial charge in [0.15, 0.2) is 0 Å². The minimum Gasteiger partial charge on any atom is -0.396 e. The molecule has 10 heteroatoms. The Morgan fingerprint density at radius 3 is 1.61 bits per heavy atom. The number of thioether (sulfide) groups is 1. The van der Waals surface area contributed by atoms with Gasteiger partial charge in [0.1, 0.15) is 21.7 Å². The number of anilines is 6. The van der Waals surface area contributed by atoms with E-state index in [1.807, 2.05) is 24.3 Å². The number of nitrogen functional groups attached to an aromatic ring is 1. The number of thiophene rings is 1. The number of fused-ring (bicyclic) bond motifs is 1. The van der Waals surface area contributed by atoms with Crippen LogP contribution in [0.4, 0.5) is 39.1 Å². The summed E-state index contributed by atoms with van der Waals surface area (Å²) < 4.78 is 13.9. The second-order valence-electron chi connectivity index (χ2n) is 11.2. The first-order valence-corrected chi connectivity index (χ1v) is 18.5.